The largest absolute Gasteiger partial charge is 0.391 e. The van der Waals surface area contributed by atoms with Gasteiger partial charge in [0.2, 0.25) is 5.78 Å². The van der Waals surface area contributed by atoms with E-state index in [-0.39, 0.29) is 29.9 Å². The topological polar surface area (TPSA) is 57.5 Å². The van der Waals surface area contributed by atoms with Crippen LogP contribution < -0.4 is 0 Å². The first-order chi connectivity index (χ1) is 10.7. The van der Waals surface area contributed by atoms with Crippen molar-refractivity contribution in [1.82, 2.24) is 0 Å². The van der Waals surface area contributed by atoms with Gasteiger partial charge < -0.3 is 10.2 Å². The van der Waals surface area contributed by atoms with E-state index in [1.165, 1.54) is 37.7 Å². The molecule has 0 heterocycles. The number of benzene rings is 1. The normalized spacial score (nSPS) is 16.1. The van der Waals surface area contributed by atoms with Gasteiger partial charge in [0.1, 0.15) is 11.5 Å². The monoisotopic (exact) mass is 323 g/mol. The van der Waals surface area contributed by atoms with Gasteiger partial charge in [0.05, 0.1) is 13.2 Å². The van der Waals surface area contributed by atoms with Crippen molar-refractivity contribution in [3.05, 3.63) is 35.4 Å². The highest BCUT2D eigenvalue weighted by atomic mass is 32.2. The van der Waals surface area contributed by atoms with Crippen molar-refractivity contribution in [1.29, 1.82) is 0 Å². The Morgan fingerprint density at radius 3 is 2.14 bits per heavy atom. The van der Waals surface area contributed by atoms with Crippen molar-refractivity contribution in [2.45, 2.75) is 38.0 Å². The Hall–Kier alpha value is -0.840. The maximum absolute atomic E-state index is 12.3. The molecule has 122 valence electrons. The number of aliphatic hydroxyl groups excluding tert-OH is 2. The SMILES string of the molecule is O=C(C[S+](CCO)CCO)c1ccc(C2CCCCC2)cc1. The summed E-state index contributed by atoms with van der Waals surface area (Å²) in [4.78, 5) is 12.3. The summed E-state index contributed by atoms with van der Waals surface area (Å²) >= 11 is 0. The van der Waals surface area contributed by atoms with Gasteiger partial charge in [-0.25, -0.2) is 0 Å². The van der Waals surface area contributed by atoms with E-state index in [9.17, 15) is 4.79 Å². The molecule has 0 bridgehead atoms. The van der Waals surface area contributed by atoms with Crippen molar-refractivity contribution in [2.75, 3.05) is 30.5 Å². The van der Waals surface area contributed by atoms with E-state index in [4.69, 9.17) is 10.2 Å². The van der Waals surface area contributed by atoms with Gasteiger partial charge in [-0.15, -0.1) is 0 Å². The highest BCUT2D eigenvalue weighted by Gasteiger charge is 2.23. The maximum atomic E-state index is 12.3. The fourth-order valence-electron chi connectivity index (χ4n) is 3.15. The van der Waals surface area contributed by atoms with Crippen molar-refractivity contribution >= 4 is 16.7 Å². The number of carbonyl (C=O) groups is 1. The fourth-order valence-corrected chi connectivity index (χ4v) is 4.70. The quantitative estimate of drug-likeness (QED) is 0.571. The highest BCUT2D eigenvalue weighted by molar-refractivity contribution is 7.97. The zero-order chi connectivity index (χ0) is 15.8. The summed E-state index contributed by atoms with van der Waals surface area (Å²) in [7, 11) is -0.214. The van der Waals surface area contributed by atoms with E-state index in [2.05, 4.69) is 12.1 Å². The first kappa shape index (κ1) is 17.5. The summed E-state index contributed by atoms with van der Waals surface area (Å²) in [5.74, 6) is 2.43. The minimum Gasteiger partial charge on any atom is -0.391 e. The Morgan fingerprint density at radius 2 is 1.59 bits per heavy atom. The fraction of sp³-hybridized carbons (Fsp3) is 0.611. The first-order valence-electron chi connectivity index (χ1n) is 8.23. The molecule has 1 saturated carbocycles. The van der Waals surface area contributed by atoms with Crippen LogP contribution in [0.4, 0.5) is 0 Å². The number of hydrogen-bond acceptors (Lipinski definition) is 3. The van der Waals surface area contributed by atoms with Crippen LogP contribution in [0.2, 0.25) is 0 Å². The minimum absolute atomic E-state index is 0.0804. The lowest BCUT2D eigenvalue weighted by atomic mass is 9.84. The molecule has 0 unspecified atom stereocenters. The molecule has 1 aromatic carbocycles. The maximum Gasteiger partial charge on any atom is 0.211 e. The van der Waals surface area contributed by atoms with Gasteiger partial charge in [0.25, 0.3) is 0 Å². The van der Waals surface area contributed by atoms with Crippen LogP contribution in [-0.4, -0.2) is 46.5 Å². The predicted octanol–water partition coefficient (Wildman–Crippen LogP) is 2.52. The Morgan fingerprint density at radius 1 is 1.00 bits per heavy atom. The average Bonchev–Trinajstić information content (AvgIpc) is 2.56. The molecule has 0 aliphatic heterocycles. The molecule has 2 N–H and O–H groups in total. The summed E-state index contributed by atoms with van der Waals surface area (Å²) in [5.41, 5.74) is 2.12. The van der Waals surface area contributed by atoms with Crippen LogP contribution in [0, 0.1) is 0 Å². The summed E-state index contributed by atoms with van der Waals surface area (Å²) in [6.45, 7) is 0.161. The molecule has 1 aliphatic rings. The molecule has 0 amide bonds. The van der Waals surface area contributed by atoms with Crippen molar-refractivity contribution in [2.24, 2.45) is 0 Å². The Kier molecular flexibility index (Phi) is 7.43. The summed E-state index contributed by atoms with van der Waals surface area (Å²) in [6.07, 6.45) is 6.52. The van der Waals surface area contributed by atoms with E-state index < -0.39 is 0 Å². The van der Waals surface area contributed by atoms with Gasteiger partial charge >= 0.3 is 0 Å². The number of rotatable bonds is 8. The van der Waals surface area contributed by atoms with Crippen LogP contribution in [-0.2, 0) is 10.9 Å². The van der Waals surface area contributed by atoms with Gasteiger partial charge in [0.15, 0.2) is 5.75 Å². The molecule has 1 fully saturated rings. The van der Waals surface area contributed by atoms with E-state index in [0.29, 0.717) is 23.2 Å². The van der Waals surface area contributed by atoms with Crippen molar-refractivity contribution < 1.29 is 15.0 Å². The molecule has 0 atom stereocenters. The molecule has 4 heteroatoms. The van der Waals surface area contributed by atoms with Crippen LogP contribution in [0.15, 0.2) is 24.3 Å². The van der Waals surface area contributed by atoms with Crippen molar-refractivity contribution in [3.63, 3.8) is 0 Å². The van der Waals surface area contributed by atoms with Crippen LogP contribution in [0.25, 0.3) is 0 Å². The average molecular weight is 323 g/mol. The molecule has 0 radical (unpaired) electrons. The Bertz CT molecular complexity index is 446. The number of Topliss-reactive ketones (excluding diaryl/α,β-unsaturated/α-hetero) is 1. The van der Waals surface area contributed by atoms with Crippen LogP contribution in [0.1, 0.15) is 53.9 Å². The lowest BCUT2D eigenvalue weighted by Gasteiger charge is -2.22. The minimum atomic E-state index is -0.214. The number of hydrogen-bond donors (Lipinski definition) is 2. The smallest absolute Gasteiger partial charge is 0.211 e. The second kappa shape index (κ2) is 9.33. The zero-order valence-corrected chi connectivity index (χ0v) is 14.0. The molecule has 2 rings (SSSR count). The second-order valence-corrected chi connectivity index (χ2v) is 8.32. The standard InChI is InChI=1S/C18H27O3S/c19-10-12-22(13-11-20)14-18(21)17-8-6-16(7-9-17)15-4-2-1-3-5-15/h6-9,15,19-20H,1-5,10-14H2/q+1. The van der Waals surface area contributed by atoms with Gasteiger partial charge in [-0.1, -0.05) is 43.5 Å². The van der Waals surface area contributed by atoms with Gasteiger partial charge in [-0.3, -0.25) is 4.79 Å². The third-order valence-electron chi connectivity index (χ3n) is 4.40. The Balaban J connectivity index is 1.95. The summed E-state index contributed by atoms with van der Waals surface area (Å²) in [5, 5.41) is 18.1. The van der Waals surface area contributed by atoms with Gasteiger partial charge in [-0.05, 0) is 24.3 Å². The first-order valence-corrected chi connectivity index (χ1v) is 9.96. The molecule has 0 saturated heterocycles. The molecule has 3 nitrogen and oxygen atoms in total. The van der Waals surface area contributed by atoms with Gasteiger partial charge in [-0.2, -0.15) is 0 Å². The summed E-state index contributed by atoms with van der Waals surface area (Å²) < 4.78 is 0. The predicted molar refractivity (Wildman–Crippen MR) is 92.7 cm³/mol. The molecular formula is C18H27O3S+. The Labute approximate surface area is 136 Å². The third kappa shape index (κ3) is 5.11. The second-order valence-electron chi connectivity index (χ2n) is 5.99. The van der Waals surface area contributed by atoms with E-state index in [1.807, 2.05) is 12.1 Å². The van der Waals surface area contributed by atoms with Crippen LogP contribution in [0.5, 0.6) is 0 Å². The summed E-state index contributed by atoms with van der Waals surface area (Å²) in [6, 6.07) is 8.12. The number of aliphatic hydroxyl groups is 2. The molecule has 22 heavy (non-hydrogen) atoms. The zero-order valence-electron chi connectivity index (χ0n) is 13.2. The lowest BCUT2D eigenvalue weighted by Crippen LogP contribution is -2.25. The number of carbonyl (C=O) groups excluding carboxylic acids is 1. The third-order valence-corrected chi connectivity index (χ3v) is 6.59. The number of ketones is 1. The molecule has 0 spiro atoms. The van der Waals surface area contributed by atoms with Gasteiger partial charge in [0, 0.05) is 16.5 Å². The van der Waals surface area contributed by atoms with E-state index in [0.717, 1.165) is 5.56 Å². The van der Waals surface area contributed by atoms with Crippen LogP contribution in [0.3, 0.4) is 0 Å². The van der Waals surface area contributed by atoms with Crippen molar-refractivity contribution in [3.8, 4) is 0 Å². The highest BCUT2D eigenvalue weighted by Crippen LogP contribution is 2.32. The van der Waals surface area contributed by atoms with E-state index >= 15 is 0 Å². The molecule has 1 aromatic rings. The van der Waals surface area contributed by atoms with Crippen LogP contribution >= 0.6 is 0 Å². The molecular weight excluding hydrogens is 296 g/mol. The molecule has 0 aromatic heterocycles. The van der Waals surface area contributed by atoms with E-state index in [1.54, 1.807) is 0 Å². The molecule has 1 aliphatic carbocycles. The lowest BCUT2D eigenvalue weighted by molar-refractivity contribution is 0.102.